The van der Waals surface area contributed by atoms with E-state index in [1.165, 1.54) is 0 Å². The lowest BCUT2D eigenvalue weighted by molar-refractivity contribution is -0.906. The summed E-state index contributed by atoms with van der Waals surface area (Å²) in [5.41, 5.74) is 1.64. The molecule has 0 spiro atoms. The van der Waals surface area contributed by atoms with E-state index in [2.05, 4.69) is 4.98 Å². The van der Waals surface area contributed by atoms with Gasteiger partial charge in [0.05, 0.1) is 41.9 Å². The van der Waals surface area contributed by atoms with Crippen LogP contribution in [0.25, 0.3) is 10.9 Å². The monoisotopic (exact) mass is 361 g/mol. The number of hydrogen-bond donors (Lipinski definition) is 1. The van der Waals surface area contributed by atoms with Gasteiger partial charge in [-0.25, -0.2) is 9.09 Å². The normalized spacial score (nSPS) is 17.6. The maximum Gasteiger partial charge on any atom is 0.479 e. The number of rotatable bonds is 10. The number of fused-ring (bicyclic) bond motifs is 1. The minimum atomic E-state index is -4.10. The Bertz CT molecular complexity index is 859. The number of aromatic amines is 1. The highest BCUT2D eigenvalue weighted by atomic mass is 31.2. The summed E-state index contributed by atoms with van der Waals surface area (Å²) in [6.45, 7) is -3.99. The van der Waals surface area contributed by atoms with E-state index in [4.69, 9.17) is 21.8 Å². The van der Waals surface area contributed by atoms with E-state index in [1.54, 1.807) is 20.0 Å². The molecule has 0 bridgehead atoms. The van der Waals surface area contributed by atoms with Crippen molar-refractivity contribution in [2.45, 2.75) is 20.3 Å². The average Bonchev–Trinajstić information content (AvgIpc) is 3.03. The van der Waals surface area contributed by atoms with Crippen LogP contribution in [0.15, 0.2) is 30.5 Å². The second-order valence-corrected chi connectivity index (χ2v) is 7.01. The Morgan fingerprint density at radius 2 is 1.88 bits per heavy atom. The first-order valence-corrected chi connectivity index (χ1v) is 9.31. The molecule has 0 aliphatic carbocycles. The number of para-hydroxylation sites is 1. The third kappa shape index (κ3) is 5.16. The van der Waals surface area contributed by atoms with Gasteiger partial charge in [0.1, 0.15) is 0 Å². The Morgan fingerprint density at radius 1 is 1.17 bits per heavy atom. The second-order valence-electron chi connectivity index (χ2n) is 5.34. The van der Waals surface area contributed by atoms with Crippen molar-refractivity contribution < 1.29 is 30.8 Å². The fraction of sp³-hybridized carbons (Fsp3) is 0.529. The van der Waals surface area contributed by atoms with Crippen molar-refractivity contribution in [1.29, 1.82) is 0 Å². The average molecular weight is 361 g/mol. The van der Waals surface area contributed by atoms with Crippen molar-refractivity contribution in [3.8, 4) is 0 Å². The summed E-state index contributed by atoms with van der Waals surface area (Å²) in [7, 11) is -4.10. The zero-order chi connectivity index (χ0) is 22.6. The highest BCUT2D eigenvalue weighted by Gasteiger charge is 2.29. The molecule has 0 saturated carbocycles. The zero-order valence-corrected chi connectivity index (χ0v) is 14.8. The Labute approximate surface area is 152 Å². The third-order valence-electron chi connectivity index (χ3n) is 3.45. The summed E-state index contributed by atoms with van der Waals surface area (Å²) in [6, 6.07) is 7.45. The van der Waals surface area contributed by atoms with Gasteiger partial charge in [-0.2, -0.15) is 0 Å². The topological polar surface area (TPSA) is 60.6 Å². The van der Waals surface area contributed by atoms with Crippen molar-refractivity contribution in [1.82, 2.24) is 4.98 Å². The first-order valence-electron chi connectivity index (χ1n) is 10.8. The quantitative estimate of drug-likeness (QED) is 0.396. The van der Waals surface area contributed by atoms with Crippen LogP contribution < -0.4 is 0 Å². The van der Waals surface area contributed by atoms with E-state index >= 15 is 0 Å². The Balaban J connectivity index is 2.37. The van der Waals surface area contributed by atoms with Gasteiger partial charge in [0.25, 0.3) is 0 Å². The molecule has 1 aromatic heterocycles. The summed E-state index contributed by atoms with van der Waals surface area (Å²) in [6.07, 6.45) is 1.88. The van der Waals surface area contributed by atoms with E-state index in [0.717, 1.165) is 16.5 Å². The molecule has 134 valence electrons. The van der Waals surface area contributed by atoms with Gasteiger partial charge in [-0.1, -0.05) is 18.2 Å². The van der Waals surface area contributed by atoms with Crippen LogP contribution in [0.5, 0.6) is 0 Å². The predicted molar refractivity (Wildman–Crippen MR) is 95.8 cm³/mol. The molecule has 24 heavy (non-hydrogen) atoms. The van der Waals surface area contributed by atoms with Crippen molar-refractivity contribution in [3.63, 3.8) is 0 Å². The van der Waals surface area contributed by atoms with Crippen LogP contribution in [-0.2, 0) is 24.6 Å². The minimum Gasteiger partial charge on any atom is -0.361 e. The highest BCUT2D eigenvalue weighted by Crippen LogP contribution is 2.49. The third-order valence-corrected chi connectivity index (χ3v) is 5.03. The molecule has 0 radical (unpaired) electrons. The summed E-state index contributed by atoms with van der Waals surface area (Å²) < 4.78 is 74.5. The molecule has 0 aliphatic rings. The molecule has 0 unspecified atom stereocenters. The number of nitrogens with zero attached hydrogens (tertiary/aromatic N) is 1. The van der Waals surface area contributed by atoms with Gasteiger partial charge < -0.3 is 9.47 Å². The Morgan fingerprint density at radius 3 is 2.54 bits per heavy atom. The van der Waals surface area contributed by atoms with Gasteiger partial charge >= 0.3 is 7.82 Å². The minimum absolute atomic E-state index is 0.00580. The molecule has 1 heterocycles. The maximum absolute atomic E-state index is 12.7. The summed E-state index contributed by atoms with van der Waals surface area (Å²) >= 11 is 0. The number of hydrogen-bond acceptors (Lipinski definition) is 4. The molecule has 0 atom stereocenters. The smallest absolute Gasteiger partial charge is 0.361 e. The van der Waals surface area contributed by atoms with Gasteiger partial charge in [0, 0.05) is 23.5 Å². The number of aromatic nitrogens is 1. The van der Waals surface area contributed by atoms with Gasteiger partial charge in [-0.15, -0.1) is 0 Å². The predicted octanol–water partition coefficient (Wildman–Crippen LogP) is 3.94. The molecular formula is C17H28N2O4P+. The fourth-order valence-corrected chi connectivity index (χ4v) is 3.51. The van der Waals surface area contributed by atoms with E-state index < -0.39 is 33.0 Å². The highest BCUT2D eigenvalue weighted by molar-refractivity contribution is 7.48. The Hall–Kier alpha value is -1.17. The van der Waals surface area contributed by atoms with Crippen LogP contribution in [0, 0.1) is 0 Å². The van der Waals surface area contributed by atoms with Gasteiger partial charge in [0.2, 0.25) is 0 Å². The molecule has 1 aromatic carbocycles. The van der Waals surface area contributed by atoms with Crippen LogP contribution in [0.3, 0.4) is 0 Å². The molecule has 0 fully saturated rings. The standard InChI is InChI=1S/C17H28N2O4P/c1-5-21-24(20,22-6-2)23-14-19(3,4)12-11-15-13-18-17-10-8-7-9-16(15)17/h7-10,13,18H,5-6,11-12,14H2,1-4H3/q+1/i3D3,4D3. The largest absolute Gasteiger partial charge is 0.479 e. The van der Waals surface area contributed by atoms with Gasteiger partial charge in [-0.3, -0.25) is 9.05 Å². The lowest BCUT2D eigenvalue weighted by atomic mass is 10.1. The molecule has 6 nitrogen and oxygen atoms in total. The summed E-state index contributed by atoms with van der Waals surface area (Å²) in [5.74, 6) is 0. The molecule has 2 rings (SSSR count). The van der Waals surface area contributed by atoms with Gasteiger partial charge in [-0.05, 0) is 25.5 Å². The first kappa shape index (κ1) is 12.2. The lowest BCUT2D eigenvalue weighted by Gasteiger charge is -2.30. The molecular weight excluding hydrogens is 327 g/mol. The van der Waals surface area contributed by atoms with Crippen LogP contribution in [0.2, 0.25) is 0 Å². The van der Waals surface area contributed by atoms with Crippen molar-refractivity contribution in [3.05, 3.63) is 36.0 Å². The summed E-state index contributed by atoms with van der Waals surface area (Å²) in [4.78, 5) is 3.09. The van der Waals surface area contributed by atoms with Crippen LogP contribution in [0.4, 0.5) is 0 Å². The van der Waals surface area contributed by atoms with Crippen LogP contribution in [-0.4, -0.2) is 49.9 Å². The molecule has 2 aromatic rings. The van der Waals surface area contributed by atoms with Crippen molar-refractivity contribution >= 4 is 18.7 Å². The number of phosphoric acid groups is 1. The van der Waals surface area contributed by atoms with Crippen molar-refractivity contribution in [2.75, 3.05) is 40.4 Å². The van der Waals surface area contributed by atoms with Crippen LogP contribution >= 0.6 is 7.82 Å². The summed E-state index contributed by atoms with van der Waals surface area (Å²) in [5, 5.41) is 0.877. The number of benzene rings is 1. The second kappa shape index (κ2) is 8.28. The maximum atomic E-state index is 12.7. The van der Waals surface area contributed by atoms with Gasteiger partial charge in [0.15, 0.2) is 6.73 Å². The molecule has 0 aliphatic heterocycles. The number of likely N-dealkylation sites (N-methyl/N-ethyl adjacent to an activating group) is 1. The number of phosphoric ester groups is 1. The first-order chi connectivity index (χ1) is 13.9. The molecule has 0 saturated heterocycles. The Kier molecular flexibility index (Phi) is 4.22. The van der Waals surface area contributed by atoms with E-state index in [-0.39, 0.29) is 26.2 Å². The number of H-pyrrole nitrogens is 1. The van der Waals surface area contributed by atoms with Crippen LogP contribution in [0.1, 0.15) is 27.6 Å². The molecule has 1 N–H and O–H groups in total. The van der Waals surface area contributed by atoms with Crippen molar-refractivity contribution in [2.24, 2.45) is 0 Å². The fourth-order valence-electron chi connectivity index (χ4n) is 2.31. The van der Waals surface area contributed by atoms with E-state index in [1.807, 2.05) is 24.3 Å². The molecule has 7 heteroatoms. The van der Waals surface area contributed by atoms with E-state index in [0.29, 0.717) is 0 Å². The molecule has 0 amide bonds. The zero-order valence-electron chi connectivity index (χ0n) is 19.9. The number of nitrogens with one attached hydrogen (secondary N) is 1. The number of quaternary nitrogens is 1. The van der Waals surface area contributed by atoms with E-state index in [9.17, 15) is 4.57 Å². The lowest BCUT2D eigenvalue weighted by Crippen LogP contribution is -2.42. The SMILES string of the molecule is [2H]C([2H])([2H])[N+](CCc1c[nH]c2ccccc12)(COP(=O)(OCC)OCC)C([2H])([2H])[2H].